The summed E-state index contributed by atoms with van der Waals surface area (Å²) in [6.45, 7) is 7.07. The molecule has 2 atom stereocenters. The Morgan fingerprint density at radius 3 is 2.93 bits per heavy atom. The normalized spacial score (nSPS) is 22.7. The topological polar surface area (TPSA) is 74.8 Å². The molecule has 1 aromatic heterocycles. The number of para-hydroxylation sites is 2. The van der Waals surface area contributed by atoms with Crippen LogP contribution in [0.2, 0.25) is 0 Å². The van der Waals surface area contributed by atoms with Crippen LogP contribution in [0.25, 0.3) is 11.0 Å². The summed E-state index contributed by atoms with van der Waals surface area (Å²) in [6, 6.07) is 8.16. The number of halogens is 1. The molecule has 2 N–H and O–H groups in total. The third kappa shape index (κ3) is 5.82. The lowest BCUT2D eigenvalue weighted by Gasteiger charge is -2.37. The Hall–Kier alpha value is -1.39. The highest BCUT2D eigenvalue weighted by Crippen LogP contribution is 2.21. The van der Waals surface area contributed by atoms with E-state index < -0.39 is 0 Å². The number of nitrogens with zero attached hydrogens (tertiary/aromatic N) is 3. The summed E-state index contributed by atoms with van der Waals surface area (Å²) in [7, 11) is 0. The van der Waals surface area contributed by atoms with Gasteiger partial charge < -0.3 is 24.7 Å². The zero-order valence-electron chi connectivity index (χ0n) is 17.1. The summed E-state index contributed by atoms with van der Waals surface area (Å²) in [4.78, 5) is 15.2. The Morgan fingerprint density at radius 2 is 2.14 bits per heavy atom. The highest BCUT2D eigenvalue weighted by atomic mass is 127. The van der Waals surface area contributed by atoms with Crippen LogP contribution in [0.1, 0.15) is 32.0 Å². The number of guanidine groups is 1. The second-order valence-electron chi connectivity index (χ2n) is 7.45. The van der Waals surface area contributed by atoms with Crippen molar-refractivity contribution in [2.24, 2.45) is 4.99 Å². The van der Waals surface area contributed by atoms with E-state index in [1.807, 2.05) is 18.2 Å². The van der Waals surface area contributed by atoms with E-state index in [1.54, 1.807) is 0 Å². The average Bonchev–Trinajstić information content (AvgIpc) is 3.40. The molecule has 0 aliphatic carbocycles. The van der Waals surface area contributed by atoms with Gasteiger partial charge in [-0.15, -0.1) is 24.0 Å². The van der Waals surface area contributed by atoms with Gasteiger partial charge in [-0.1, -0.05) is 12.1 Å². The number of morpholine rings is 1. The third-order valence-electron chi connectivity index (χ3n) is 5.38. The molecule has 3 heterocycles. The number of fused-ring (bicyclic) bond motifs is 1. The Balaban J connectivity index is 0.00000240. The van der Waals surface area contributed by atoms with Crippen LogP contribution in [0.3, 0.4) is 0 Å². The van der Waals surface area contributed by atoms with Gasteiger partial charge >= 0.3 is 0 Å². The summed E-state index contributed by atoms with van der Waals surface area (Å²) >= 11 is 0. The van der Waals surface area contributed by atoms with Gasteiger partial charge in [-0.3, -0.25) is 4.99 Å². The number of imidazole rings is 1. The number of ether oxygens (including phenoxy) is 2. The Bertz CT molecular complexity index is 757. The van der Waals surface area contributed by atoms with Crippen LogP contribution >= 0.6 is 24.0 Å². The van der Waals surface area contributed by atoms with Gasteiger partial charge in [-0.05, 0) is 38.3 Å². The maximum absolute atomic E-state index is 5.97. The number of aryl methyl sites for hydroxylation is 1. The maximum Gasteiger partial charge on any atom is 0.194 e. The predicted octanol–water partition coefficient (Wildman–Crippen LogP) is 2.96. The second kappa shape index (κ2) is 11.1. The largest absolute Gasteiger partial charge is 0.375 e. The SMILES string of the molecule is CCNC(=NCCCc1nc2ccccc2[nH]1)N1CCOC(C2CCCO2)C1.I. The maximum atomic E-state index is 5.97. The van der Waals surface area contributed by atoms with Crippen molar-refractivity contribution in [3.8, 4) is 0 Å². The van der Waals surface area contributed by atoms with Gasteiger partial charge in [-0.2, -0.15) is 0 Å². The summed E-state index contributed by atoms with van der Waals surface area (Å²) in [6.07, 6.45) is 4.49. The Kier molecular flexibility index (Phi) is 8.55. The van der Waals surface area contributed by atoms with Gasteiger partial charge in [0.15, 0.2) is 5.96 Å². The first-order valence-corrected chi connectivity index (χ1v) is 10.5. The standard InChI is InChI=1S/C21H31N5O2.HI/c1-2-22-21(26-12-14-28-19(15-26)18-9-6-13-27-18)23-11-5-10-20-24-16-7-3-4-8-17(16)25-20;/h3-4,7-8,18-19H,2,5-6,9-15H2,1H3,(H,22,23)(H,24,25);1H. The van der Waals surface area contributed by atoms with Crippen molar-refractivity contribution in [1.82, 2.24) is 20.2 Å². The molecule has 2 aliphatic heterocycles. The summed E-state index contributed by atoms with van der Waals surface area (Å²) in [5.41, 5.74) is 2.13. The monoisotopic (exact) mass is 513 g/mol. The fraction of sp³-hybridized carbons (Fsp3) is 0.619. The van der Waals surface area contributed by atoms with E-state index in [4.69, 9.17) is 14.5 Å². The first kappa shape index (κ1) is 22.3. The molecule has 0 spiro atoms. The highest BCUT2D eigenvalue weighted by Gasteiger charge is 2.32. The third-order valence-corrected chi connectivity index (χ3v) is 5.38. The van der Waals surface area contributed by atoms with Crippen molar-refractivity contribution < 1.29 is 9.47 Å². The molecule has 0 saturated carbocycles. The van der Waals surface area contributed by atoms with Crippen LogP contribution < -0.4 is 5.32 Å². The van der Waals surface area contributed by atoms with Crippen molar-refractivity contribution >= 4 is 41.0 Å². The Labute approximate surface area is 189 Å². The van der Waals surface area contributed by atoms with Crippen molar-refractivity contribution in [2.75, 3.05) is 39.4 Å². The van der Waals surface area contributed by atoms with Crippen molar-refractivity contribution in [3.05, 3.63) is 30.1 Å². The minimum atomic E-state index is 0. The molecule has 8 heteroatoms. The molecule has 2 fully saturated rings. The lowest BCUT2D eigenvalue weighted by atomic mass is 10.1. The fourth-order valence-electron chi connectivity index (χ4n) is 3.97. The van der Waals surface area contributed by atoms with E-state index in [-0.39, 0.29) is 36.2 Å². The molecule has 1 aromatic carbocycles. The summed E-state index contributed by atoms with van der Waals surface area (Å²) in [5, 5.41) is 3.44. The van der Waals surface area contributed by atoms with E-state index in [0.717, 1.165) is 87.9 Å². The minimum absolute atomic E-state index is 0. The minimum Gasteiger partial charge on any atom is -0.375 e. The van der Waals surface area contributed by atoms with Crippen LogP contribution in [0, 0.1) is 0 Å². The van der Waals surface area contributed by atoms with Crippen molar-refractivity contribution in [3.63, 3.8) is 0 Å². The Morgan fingerprint density at radius 1 is 1.28 bits per heavy atom. The zero-order chi connectivity index (χ0) is 19.2. The molecule has 0 bridgehead atoms. The van der Waals surface area contributed by atoms with Crippen LogP contribution in [-0.4, -0.2) is 72.4 Å². The number of aromatic amines is 1. The van der Waals surface area contributed by atoms with Crippen molar-refractivity contribution in [2.45, 2.75) is 44.8 Å². The number of nitrogens with one attached hydrogen (secondary N) is 2. The van der Waals surface area contributed by atoms with E-state index in [1.165, 1.54) is 0 Å². The van der Waals surface area contributed by atoms with Gasteiger partial charge in [0, 0.05) is 39.2 Å². The van der Waals surface area contributed by atoms with Gasteiger partial charge in [-0.25, -0.2) is 4.98 Å². The number of hydrogen-bond acceptors (Lipinski definition) is 4. The lowest BCUT2D eigenvalue weighted by molar-refractivity contribution is -0.0817. The number of aliphatic imine (C=N–C) groups is 1. The molecule has 2 aromatic rings. The molecule has 0 radical (unpaired) electrons. The number of rotatable bonds is 6. The molecule has 2 aliphatic rings. The lowest BCUT2D eigenvalue weighted by Crippen LogP contribution is -2.53. The summed E-state index contributed by atoms with van der Waals surface area (Å²) in [5.74, 6) is 2.02. The first-order chi connectivity index (χ1) is 13.8. The zero-order valence-corrected chi connectivity index (χ0v) is 19.4. The van der Waals surface area contributed by atoms with Crippen LogP contribution in [0.5, 0.6) is 0 Å². The molecule has 4 rings (SSSR count). The average molecular weight is 513 g/mol. The molecular formula is C21H32IN5O2. The van der Waals surface area contributed by atoms with Crippen LogP contribution in [-0.2, 0) is 15.9 Å². The fourth-order valence-corrected chi connectivity index (χ4v) is 3.97. The molecule has 2 saturated heterocycles. The molecule has 29 heavy (non-hydrogen) atoms. The van der Waals surface area contributed by atoms with Crippen molar-refractivity contribution in [1.29, 1.82) is 0 Å². The van der Waals surface area contributed by atoms with Crippen LogP contribution in [0.15, 0.2) is 29.3 Å². The van der Waals surface area contributed by atoms with Gasteiger partial charge in [0.25, 0.3) is 0 Å². The van der Waals surface area contributed by atoms with E-state index >= 15 is 0 Å². The quantitative estimate of drug-likeness (QED) is 0.269. The highest BCUT2D eigenvalue weighted by molar-refractivity contribution is 14.0. The van der Waals surface area contributed by atoms with Gasteiger partial charge in [0.2, 0.25) is 0 Å². The summed E-state index contributed by atoms with van der Waals surface area (Å²) < 4.78 is 11.8. The van der Waals surface area contributed by atoms with E-state index in [9.17, 15) is 0 Å². The number of benzene rings is 1. The number of hydrogen-bond donors (Lipinski definition) is 2. The number of aromatic nitrogens is 2. The molecular weight excluding hydrogens is 481 g/mol. The van der Waals surface area contributed by atoms with Gasteiger partial charge in [0.1, 0.15) is 11.9 Å². The molecule has 0 amide bonds. The smallest absolute Gasteiger partial charge is 0.194 e. The first-order valence-electron chi connectivity index (χ1n) is 10.5. The number of H-pyrrole nitrogens is 1. The second-order valence-corrected chi connectivity index (χ2v) is 7.45. The molecule has 2 unspecified atom stereocenters. The van der Waals surface area contributed by atoms with E-state index in [2.05, 4.69) is 33.2 Å². The molecule has 7 nitrogen and oxygen atoms in total. The van der Waals surface area contributed by atoms with E-state index in [0.29, 0.717) is 0 Å². The van der Waals surface area contributed by atoms with Crippen LogP contribution in [0.4, 0.5) is 0 Å². The van der Waals surface area contributed by atoms with Gasteiger partial charge in [0.05, 0.1) is 23.7 Å². The predicted molar refractivity (Wildman–Crippen MR) is 126 cm³/mol. The molecule has 160 valence electrons.